The molecule has 1 heterocycles. The van der Waals surface area contributed by atoms with Crippen molar-refractivity contribution in [3.8, 4) is 5.75 Å². The molecule has 0 aliphatic carbocycles. The Morgan fingerprint density at radius 1 is 1.24 bits per heavy atom. The molecule has 0 spiro atoms. The monoisotopic (exact) mass is 307 g/mol. The Labute approximate surface area is 124 Å². The molecule has 2 N–H and O–H groups in total. The zero-order valence-electron chi connectivity index (χ0n) is 10.8. The number of hydrogen-bond donors (Lipinski definition) is 2. The van der Waals surface area contributed by atoms with Gasteiger partial charge in [-0.05, 0) is 18.2 Å². The number of carboxylic acid groups (broad SMARTS) is 1. The highest BCUT2D eigenvalue weighted by Crippen LogP contribution is 2.28. The fourth-order valence-electron chi connectivity index (χ4n) is 1.62. The van der Waals surface area contributed by atoms with Crippen molar-refractivity contribution in [1.29, 1.82) is 0 Å². The number of aromatic carboxylic acids is 1. The molecule has 0 unspecified atom stereocenters. The van der Waals surface area contributed by atoms with E-state index < -0.39 is 17.6 Å². The number of benzene rings is 1. The Hall–Kier alpha value is -2.67. The van der Waals surface area contributed by atoms with Crippen LogP contribution in [0.2, 0.25) is 5.02 Å². The first-order chi connectivity index (χ1) is 10.0. The summed E-state index contributed by atoms with van der Waals surface area (Å²) in [7, 11) is 1.43. The van der Waals surface area contributed by atoms with E-state index in [1.165, 1.54) is 25.6 Å². The summed E-state index contributed by atoms with van der Waals surface area (Å²) >= 11 is 5.86. The second-order valence-corrected chi connectivity index (χ2v) is 4.29. The molecular weight excluding hydrogens is 298 g/mol. The third-order valence-electron chi connectivity index (χ3n) is 2.53. The van der Waals surface area contributed by atoms with Crippen LogP contribution in [0.25, 0.3) is 0 Å². The number of halogens is 1. The molecule has 0 aliphatic rings. The molecule has 21 heavy (non-hydrogen) atoms. The van der Waals surface area contributed by atoms with Crippen LogP contribution in [0, 0.1) is 0 Å². The summed E-state index contributed by atoms with van der Waals surface area (Å²) in [6.45, 7) is 0. The van der Waals surface area contributed by atoms with Gasteiger partial charge in [-0.2, -0.15) is 0 Å². The number of aromatic nitrogens is 2. The molecule has 2 aromatic rings. The number of ether oxygens (including phenoxy) is 1. The fraction of sp³-hybridized carbons (Fsp3) is 0.0769. The van der Waals surface area contributed by atoms with Crippen molar-refractivity contribution in [1.82, 2.24) is 9.97 Å². The van der Waals surface area contributed by atoms with Gasteiger partial charge in [0, 0.05) is 17.4 Å². The molecule has 1 aromatic carbocycles. The minimum Gasteiger partial charge on any atom is -0.495 e. The zero-order chi connectivity index (χ0) is 15.4. The number of methoxy groups -OCH3 is 1. The molecule has 0 atom stereocenters. The number of amides is 1. The zero-order valence-corrected chi connectivity index (χ0v) is 11.6. The highest BCUT2D eigenvalue weighted by atomic mass is 35.5. The maximum Gasteiger partial charge on any atom is 0.356 e. The van der Waals surface area contributed by atoms with Gasteiger partial charge in [0.1, 0.15) is 5.75 Å². The van der Waals surface area contributed by atoms with Crippen LogP contribution in [0.5, 0.6) is 5.75 Å². The summed E-state index contributed by atoms with van der Waals surface area (Å²) in [6.07, 6.45) is 2.43. The summed E-state index contributed by atoms with van der Waals surface area (Å²) in [6, 6.07) is 4.66. The number of anilines is 1. The normalized spacial score (nSPS) is 10.0. The highest BCUT2D eigenvalue weighted by Gasteiger charge is 2.20. The van der Waals surface area contributed by atoms with Crippen molar-refractivity contribution in [2.75, 3.05) is 12.4 Å². The van der Waals surface area contributed by atoms with E-state index in [1.54, 1.807) is 12.1 Å². The lowest BCUT2D eigenvalue weighted by Gasteiger charge is -2.10. The van der Waals surface area contributed by atoms with E-state index in [1.807, 2.05) is 0 Å². The first kappa shape index (κ1) is 14.7. The summed E-state index contributed by atoms with van der Waals surface area (Å²) in [5, 5.41) is 11.9. The number of hydrogen-bond acceptors (Lipinski definition) is 5. The number of nitrogens with one attached hydrogen (secondary N) is 1. The maximum atomic E-state index is 12.1. The Bertz CT molecular complexity index is 706. The highest BCUT2D eigenvalue weighted by molar-refractivity contribution is 6.31. The molecule has 8 heteroatoms. The largest absolute Gasteiger partial charge is 0.495 e. The second kappa shape index (κ2) is 6.19. The Balaban J connectivity index is 2.35. The predicted molar refractivity (Wildman–Crippen MR) is 74.9 cm³/mol. The van der Waals surface area contributed by atoms with E-state index >= 15 is 0 Å². The van der Waals surface area contributed by atoms with Gasteiger partial charge in [0.2, 0.25) is 0 Å². The van der Waals surface area contributed by atoms with Crippen molar-refractivity contribution in [2.24, 2.45) is 0 Å². The topological polar surface area (TPSA) is 101 Å². The van der Waals surface area contributed by atoms with Crippen LogP contribution < -0.4 is 10.1 Å². The van der Waals surface area contributed by atoms with Crippen LogP contribution in [0.15, 0.2) is 30.6 Å². The van der Waals surface area contributed by atoms with Gasteiger partial charge in [0.15, 0.2) is 11.4 Å². The van der Waals surface area contributed by atoms with Crippen LogP contribution in [-0.4, -0.2) is 34.1 Å². The number of carbonyl (C=O) groups excluding carboxylic acids is 1. The number of nitrogens with zero attached hydrogens (tertiary/aromatic N) is 2. The van der Waals surface area contributed by atoms with Gasteiger partial charge in [-0.3, -0.25) is 4.79 Å². The standard InChI is InChI=1S/C13H10ClN3O4/c1-21-9-3-2-7(14)6-8(9)17-12(18)10-11(13(19)20)16-5-4-15-10/h2-6H,1H3,(H,17,18)(H,19,20). The summed E-state index contributed by atoms with van der Waals surface area (Å²) < 4.78 is 5.09. The summed E-state index contributed by atoms with van der Waals surface area (Å²) in [5.41, 5.74) is -0.431. The number of carbonyl (C=O) groups is 2. The van der Waals surface area contributed by atoms with E-state index in [-0.39, 0.29) is 5.69 Å². The van der Waals surface area contributed by atoms with Crippen molar-refractivity contribution in [3.63, 3.8) is 0 Å². The van der Waals surface area contributed by atoms with Gasteiger partial charge in [-0.25, -0.2) is 14.8 Å². The fourth-order valence-corrected chi connectivity index (χ4v) is 1.79. The quantitative estimate of drug-likeness (QED) is 0.896. The molecule has 1 amide bonds. The second-order valence-electron chi connectivity index (χ2n) is 3.86. The van der Waals surface area contributed by atoms with Crippen LogP contribution in [0.3, 0.4) is 0 Å². The van der Waals surface area contributed by atoms with Crippen molar-refractivity contribution < 1.29 is 19.4 Å². The molecule has 0 bridgehead atoms. The first-order valence-corrected chi connectivity index (χ1v) is 6.10. The maximum absolute atomic E-state index is 12.1. The van der Waals surface area contributed by atoms with Crippen molar-refractivity contribution in [3.05, 3.63) is 47.0 Å². The van der Waals surface area contributed by atoms with Gasteiger partial charge in [0.05, 0.1) is 12.8 Å². The predicted octanol–water partition coefficient (Wildman–Crippen LogP) is 2.09. The third kappa shape index (κ3) is 3.26. The lowest BCUT2D eigenvalue weighted by atomic mass is 10.2. The van der Waals surface area contributed by atoms with Gasteiger partial charge in [-0.1, -0.05) is 11.6 Å². The van der Waals surface area contributed by atoms with Crippen LogP contribution in [0.1, 0.15) is 21.0 Å². The number of rotatable bonds is 4. The van der Waals surface area contributed by atoms with Gasteiger partial charge >= 0.3 is 5.97 Å². The van der Waals surface area contributed by atoms with E-state index in [4.69, 9.17) is 21.4 Å². The van der Waals surface area contributed by atoms with Gasteiger partial charge in [-0.15, -0.1) is 0 Å². The molecule has 0 fully saturated rings. The summed E-state index contributed by atoms with van der Waals surface area (Å²) in [4.78, 5) is 30.5. The SMILES string of the molecule is COc1ccc(Cl)cc1NC(=O)c1nccnc1C(=O)O. The van der Waals surface area contributed by atoms with E-state index in [2.05, 4.69) is 15.3 Å². The van der Waals surface area contributed by atoms with Crippen molar-refractivity contribution >= 4 is 29.2 Å². The molecule has 1 aromatic heterocycles. The van der Waals surface area contributed by atoms with Crippen molar-refractivity contribution in [2.45, 2.75) is 0 Å². The minimum atomic E-state index is -1.34. The molecule has 7 nitrogen and oxygen atoms in total. The lowest BCUT2D eigenvalue weighted by molar-refractivity contribution is 0.0685. The van der Waals surface area contributed by atoms with Gasteiger partial charge < -0.3 is 15.2 Å². The lowest BCUT2D eigenvalue weighted by Crippen LogP contribution is -2.19. The van der Waals surface area contributed by atoms with E-state index in [0.717, 1.165) is 0 Å². The number of carboxylic acids is 1. The Kier molecular flexibility index (Phi) is 4.34. The van der Waals surface area contributed by atoms with Crippen LogP contribution in [-0.2, 0) is 0 Å². The summed E-state index contributed by atoms with van der Waals surface area (Å²) in [5.74, 6) is -1.68. The van der Waals surface area contributed by atoms with Crippen LogP contribution >= 0.6 is 11.6 Å². The third-order valence-corrected chi connectivity index (χ3v) is 2.76. The smallest absolute Gasteiger partial charge is 0.356 e. The average molecular weight is 308 g/mol. The molecule has 0 saturated carbocycles. The van der Waals surface area contributed by atoms with E-state index in [9.17, 15) is 9.59 Å². The molecule has 2 rings (SSSR count). The van der Waals surface area contributed by atoms with Gasteiger partial charge in [0.25, 0.3) is 5.91 Å². The Morgan fingerprint density at radius 2 is 1.90 bits per heavy atom. The Morgan fingerprint density at radius 3 is 2.52 bits per heavy atom. The first-order valence-electron chi connectivity index (χ1n) is 5.72. The molecule has 0 aliphatic heterocycles. The van der Waals surface area contributed by atoms with E-state index in [0.29, 0.717) is 16.5 Å². The minimum absolute atomic E-state index is 0.299. The average Bonchev–Trinajstić information content (AvgIpc) is 2.47. The van der Waals surface area contributed by atoms with Crippen LogP contribution in [0.4, 0.5) is 5.69 Å². The molecule has 0 saturated heterocycles. The molecule has 108 valence electrons. The molecular formula is C13H10ClN3O4. The molecule has 0 radical (unpaired) electrons.